The van der Waals surface area contributed by atoms with Crippen molar-refractivity contribution in [2.75, 3.05) is 19.8 Å². The zero-order valence-electron chi connectivity index (χ0n) is 12.7. The third-order valence-corrected chi connectivity index (χ3v) is 4.05. The normalized spacial score (nSPS) is 17.0. The summed E-state index contributed by atoms with van der Waals surface area (Å²) in [5.74, 6) is -4.18. The molecule has 128 valence electrons. The fourth-order valence-corrected chi connectivity index (χ4v) is 2.65. The number of amides is 1. The van der Waals surface area contributed by atoms with Gasteiger partial charge in [-0.1, -0.05) is 0 Å². The van der Waals surface area contributed by atoms with E-state index in [0.717, 1.165) is 25.0 Å². The highest BCUT2D eigenvalue weighted by molar-refractivity contribution is 5.76. The lowest BCUT2D eigenvalue weighted by Crippen LogP contribution is -2.31. The van der Waals surface area contributed by atoms with Crippen LogP contribution in [0.3, 0.4) is 0 Å². The van der Waals surface area contributed by atoms with Crippen molar-refractivity contribution in [1.82, 2.24) is 5.32 Å². The van der Waals surface area contributed by atoms with Gasteiger partial charge in [-0.05, 0) is 42.9 Å². The van der Waals surface area contributed by atoms with Crippen molar-refractivity contribution < 1.29 is 27.8 Å². The summed E-state index contributed by atoms with van der Waals surface area (Å²) in [7, 11) is 0. The molecule has 23 heavy (non-hydrogen) atoms. The molecule has 1 unspecified atom stereocenters. The molecule has 2 N–H and O–H groups in total. The number of aliphatic hydroxyl groups excluding tert-OH is 1. The monoisotopic (exact) mass is 331 g/mol. The third kappa shape index (κ3) is 4.94. The minimum atomic E-state index is -1.57. The molecule has 1 saturated heterocycles. The van der Waals surface area contributed by atoms with Crippen LogP contribution in [0.1, 0.15) is 37.3 Å². The number of hydrogen-bond donors (Lipinski definition) is 2. The van der Waals surface area contributed by atoms with Crippen LogP contribution in [0.4, 0.5) is 13.2 Å². The standard InChI is InChI=1S/C16H20F3NO3/c17-12-7-11(8-13(18)16(12)19)14(9-21)20-15(22)2-1-10-3-5-23-6-4-10/h7-8,10,14,21H,1-6,9H2,(H,20,22). The molecular formula is C16H20F3NO3. The quantitative estimate of drug-likeness (QED) is 0.787. The Labute approximate surface area is 132 Å². The summed E-state index contributed by atoms with van der Waals surface area (Å²) in [5, 5.41) is 11.8. The number of carbonyl (C=O) groups excluding carboxylic acids is 1. The maximum atomic E-state index is 13.2. The highest BCUT2D eigenvalue weighted by Gasteiger charge is 2.20. The van der Waals surface area contributed by atoms with Crippen molar-refractivity contribution in [3.05, 3.63) is 35.1 Å². The van der Waals surface area contributed by atoms with Gasteiger partial charge >= 0.3 is 0 Å². The molecular weight excluding hydrogens is 311 g/mol. The fraction of sp³-hybridized carbons (Fsp3) is 0.562. The molecule has 2 rings (SSSR count). The van der Waals surface area contributed by atoms with Crippen LogP contribution < -0.4 is 5.32 Å². The lowest BCUT2D eigenvalue weighted by atomic mass is 9.94. The van der Waals surface area contributed by atoms with Gasteiger partial charge in [0.1, 0.15) is 0 Å². The Balaban J connectivity index is 1.92. The van der Waals surface area contributed by atoms with Gasteiger partial charge < -0.3 is 15.2 Å². The summed E-state index contributed by atoms with van der Waals surface area (Å²) < 4.78 is 44.7. The first kappa shape index (κ1) is 17.7. The number of carbonyl (C=O) groups is 1. The number of aliphatic hydroxyl groups is 1. The van der Waals surface area contributed by atoms with Gasteiger partial charge in [0.05, 0.1) is 12.6 Å². The van der Waals surface area contributed by atoms with Gasteiger partial charge in [-0.25, -0.2) is 13.2 Å². The van der Waals surface area contributed by atoms with Gasteiger partial charge in [0, 0.05) is 19.6 Å². The van der Waals surface area contributed by atoms with Crippen LogP contribution in [0.15, 0.2) is 12.1 Å². The van der Waals surface area contributed by atoms with E-state index in [9.17, 15) is 23.1 Å². The van der Waals surface area contributed by atoms with Crippen molar-refractivity contribution >= 4 is 5.91 Å². The summed E-state index contributed by atoms with van der Waals surface area (Å²) in [6.45, 7) is 0.854. The van der Waals surface area contributed by atoms with Gasteiger partial charge in [-0.15, -0.1) is 0 Å². The number of rotatable bonds is 6. The molecule has 0 aliphatic carbocycles. The summed E-state index contributed by atoms with van der Waals surface area (Å²) >= 11 is 0. The highest BCUT2D eigenvalue weighted by Crippen LogP contribution is 2.22. The van der Waals surface area contributed by atoms with E-state index in [1.165, 1.54) is 0 Å². The molecule has 1 atom stereocenters. The molecule has 7 heteroatoms. The Kier molecular flexibility index (Phi) is 6.41. The van der Waals surface area contributed by atoms with Crippen LogP contribution in [0.2, 0.25) is 0 Å². The Morgan fingerprint density at radius 3 is 2.43 bits per heavy atom. The van der Waals surface area contributed by atoms with Gasteiger partial charge in [0.25, 0.3) is 0 Å². The molecule has 0 saturated carbocycles. The number of ether oxygens (including phenoxy) is 1. The number of hydrogen-bond acceptors (Lipinski definition) is 3. The van der Waals surface area contributed by atoms with Crippen molar-refractivity contribution in [2.24, 2.45) is 5.92 Å². The van der Waals surface area contributed by atoms with Gasteiger partial charge in [-0.2, -0.15) is 0 Å². The second-order valence-electron chi connectivity index (χ2n) is 5.70. The maximum absolute atomic E-state index is 13.2. The Morgan fingerprint density at radius 2 is 1.87 bits per heavy atom. The Bertz CT molecular complexity index is 524. The fourth-order valence-electron chi connectivity index (χ4n) is 2.65. The molecule has 0 spiro atoms. The van der Waals surface area contributed by atoms with E-state index in [4.69, 9.17) is 4.74 Å². The Morgan fingerprint density at radius 1 is 1.26 bits per heavy atom. The molecule has 1 amide bonds. The predicted octanol–water partition coefficient (Wildman–Crippen LogP) is 2.46. The second kappa shape index (κ2) is 8.31. The van der Waals surface area contributed by atoms with Crippen molar-refractivity contribution in [2.45, 2.75) is 31.7 Å². The molecule has 1 aromatic rings. The average Bonchev–Trinajstić information content (AvgIpc) is 2.56. The highest BCUT2D eigenvalue weighted by atomic mass is 19.2. The second-order valence-corrected chi connectivity index (χ2v) is 5.70. The van der Waals surface area contributed by atoms with Crippen molar-refractivity contribution in [3.63, 3.8) is 0 Å². The van der Waals surface area contributed by atoms with E-state index in [1.54, 1.807) is 0 Å². The molecule has 1 heterocycles. The molecule has 0 bridgehead atoms. The van der Waals surface area contributed by atoms with Crippen molar-refractivity contribution in [1.29, 1.82) is 0 Å². The van der Waals surface area contributed by atoms with Gasteiger partial charge in [0.15, 0.2) is 17.5 Å². The number of benzene rings is 1. The lowest BCUT2D eigenvalue weighted by Gasteiger charge is -2.22. The first-order valence-electron chi connectivity index (χ1n) is 7.63. The van der Waals surface area contributed by atoms with Crippen molar-refractivity contribution in [3.8, 4) is 0 Å². The van der Waals surface area contributed by atoms with Crippen LogP contribution in [-0.4, -0.2) is 30.8 Å². The smallest absolute Gasteiger partial charge is 0.220 e. The van der Waals surface area contributed by atoms with E-state index in [0.29, 0.717) is 25.6 Å². The minimum absolute atomic E-state index is 0.0108. The maximum Gasteiger partial charge on any atom is 0.220 e. The summed E-state index contributed by atoms with van der Waals surface area (Å²) in [5.41, 5.74) is -0.0108. The SMILES string of the molecule is O=C(CCC1CCOCC1)NC(CO)c1cc(F)c(F)c(F)c1. The lowest BCUT2D eigenvalue weighted by molar-refractivity contribution is -0.122. The van der Waals surface area contributed by atoms with Crippen LogP contribution in [0, 0.1) is 23.4 Å². The van der Waals surface area contributed by atoms with E-state index in [2.05, 4.69) is 5.32 Å². The van der Waals surface area contributed by atoms with Gasteiger partial charge in [-0.3, -0.25) is 4.79 Å². The molecule has 4 nitrogen and oxygen atoms in total. The van der Waals surface area contributed by atoms with Crippen LogP contribution in [0.5, 0.6) is 0 Å². The average molecular weight is 331 g/mol. The minimum Gasteiger partial charge on any atom is -0.394 e. The third-order valence-electron chi connectivity index (χ3n) is 4.05. The first-order chi connectivity index (χ1) is 11.0. The topological polar surface area (TPSA) is 58.6 Å². The molecule has 1 aliphatic rings. The zero-order valence-corrected chi connectivity index (χ0v) is 12.7. The van der Waals surface area contributed by atoms with Crippen LogP contribution in [0.25, 0.3) is 0 Å². The molecule has 0 radical (unpaired) electrons. The first-order valence-corrected chi connectivity index (χ1v) is 7.63. The molecule has 1 aromatic carbocycles. The van der Waals surface area contributed by atoms with E-state index in [-0.39, 0.29) is 17.9 Å². The predicted molar refractivity (Wildman–Crippen MR) is 77.1 cm³/mol. The summed E-state index contributed by atoms with van der Waals surface area (Å²) in [6.07, 6.45) is 2.77. The van der Waals surface area contributed by atoms with Gasteiger partial charge in [0.2, 0.25) is 5.91 Å². The zero-order chi connectivity index (χ0) is 16.8. The van der Waals surface area contributed by atoms with Crippen LogP contribution in [-0.2, 0) is 9.53 Å². The molecule has 1 fully saturated rings. The number of nitrogens with one attached hydrogen (secondary N) is 1. The van der Waals surface area contributed by atoms with Crippen LogP contribution >= 0.6 is 0 Å². The van der Waals surface area contributed by atoms with E-state index >= 15 is 0 Å². The Hall–Kier alpha value is -1.60. The van der Waals surface area contributed by atoms with E-state index < -0.39 is 30.1 Å². The summed E-state index contributed by atoms with van der Waals surface area (Å²) in [6, 6.07) is 0.581. The van der Waals surface area contributed by atoms with E-state index in [1.807, 2.05) is 0 Å². The molecule has 0 aromatic heterocycles. The summed E-state index contributed by atoms with van der Waals surface area (Å²) in [4.78, 5) is 12.0. The number of halogens is 3. The molecule has 1 aliphatic heterocycles. The largest absolute Gasteiger partial charge is 0.394 e.